The van der Waals surface area contributed by atoms with Gasteiger partial charge in [0.1, 0.15) is 0 Å². The van der Waals surface area contributed by atoms with E-state index < -0.39 is 0 Å². The molecule has 1 aromatic carbocycles. The molecule has 1 atom stereocenters. The lowest BCUT2D eigenvalue weighted by Crippen LogP contribution is -2.19. The third-order valence-electron chi connectivity index (χ3n) is 4.45. The van der Waals surface area contributed by atoms with Crippen molar-refractivity contribution in [2.75, 3.05) is 19.9 Å². The number of benzene rings is 1. The van der Waals surface area contributed by atoms with E-state index >= 15 is 0 Å². The molecule has 0 amide bonds. The van der Waals surface area contributed by atoms with Gasteiger partial charge in [0.2, 0.25) is 6.79 Å². The van der Waals surface area contributed by atoms with Crippen molar-refractivity contribution >= 4 is 0 Å². The Labute approximate surface area is 121 Å². The van der Waals surface area contributed by atoms with Crippen LogP contribution in [0, 0.1) is 5.92 Å². The highest BCUT2D eigenvalue weighted by Gasteiger charge is 2.26. The van der Waals surface area contributed by atoms with E-state index in [4.69, 9.17) is 9.47 Å². The zero-order valence-corrected chi connectivity index (χ0v) is 12.4. The van der Waals surface area contributed by atoms with Crippen LogP contribution in [0.1, 0.15) is 43.7 Å². The molecule has 2 aliphatic rings. The lowest BCUT2D eigenvalue weighted by molar-refractivity contribution is 0.172. The van der Waals surface area contributed by atoms with Crippen LogP contribution in [0.25, 0.3) is 0 Å². The van der Waals surface area contributed by atoms with Crippen LogP contribution in [0.3, 0.4) is 0 Å². The molecule has 110 valence electrons. The van der Waals surface area contributed by atoms with Crippen molar-refractivity contribution in [3.05, 3.63) is 23.3 Å². The van der Waals surface area contributed by atoms with Crippen LogP contribution in [-0.4, -0.2) is 19.9 Å². The predicted octanol–water partition coefficient (Wildman–Crippen LogP) is 3.30. The maximum Gasteiger partial charge on any atom is 0.231 e. The van der Waals surface area contributed by atoms with Crippen molar-refractivity contribution < 1.29 is 9.47 Å². The minimum atomic E-state index is 0.386. The van der Waals surface area contributed by atoms with Gasteiger partial charge in [-0.15, -0.1) is 0 Å². The van der Waals surface area contributed by atoms with Gasteiger partial charge in [0.15, 0.2) is 11.5 Å². The van der Waals surface area contributed by atoms with E-state index in [2.05, 4.69) is 24.4 Å². The van der Waals surface area contributed by atoms with Crippen LogP contribution in [0.2, 0.25) is 0 Å². The maximum atomic E-state index is 5.67. The zero-order valence-electron chi connectivity index (χ0n) is 12.4. The highest BCUT2D eigenvalue weighted by Crippen LogP contribution is 2.42. The molecule has 1 aromatic rings. The molecule has 1 heterocycles. The predicted molar refractivity (Wildman–Crippen MR) is 80.5 cm³/mol. The van der Waals surface area contributed by atoms with E-state index in [0.29, 0.717) is 6.79 Å². The Morgan fingerprint density at radius 2 is 2.20 bits per heavy atom. The highest BCUT2D eigenvalue weighted by molar-refractivity contribution is 5.53. The molecule has 3 heteroatoms. The van der Waals surface area contributed by atoms with Crippen LogP contribution < -0.4 is 14.8 Å². The second-order valence-electron chi connectivity index (χ2n) is 5.94. The summed E-state index contributed by atoms with van der Waals surface area (Å²) in [5.74, 6) is 2.77. The standard InChI is InChI=1S/C17H25NO2/c1-2-9-18-10-3-4-13-5-6-14-7-8-16-17(15(14)11-13)20-12-19-16/h7-8,13,18H,2-6,9-12H2,1H3/t13-/m1/s1. The molecule has 3 rings (SSSR count). The summed E-state index contributed by atoms with van der Waals surface area (Å²) in [6.45, 7) is 4.90. The third kappa shape index (κ3) is 2.93. The first kappa shape index (κ1) is 13.7. The van der Waals surface area contributed by atoms with Crippen LogP contribution in [-0.2, 0) is 12.8 Å². The summed E-state index contributed by atoms with van der Waals surface area (Å²) in [4.78, 5) is 0. The Morgan fingerprint density at radius 1 is 1.25 bits per heavy atom. The molecule has 0 saturated carbocycles. The molecule has 1 aliphatic heterocycles. The lowest BCUT2D eigenvalue weighted by Gasteiger charge is -2.25. The highest BCUT2D eigenvalue weighted by atomic mass is 16.7. The molecule has 0 bridgehead atoms. The van der Waals surface area contributed by atoms with Gasteiger partial charge < -0.3 is 14.8 Å². The Kier molecular flexibility index (Phi) is 4.46. The summed E-state index contributed by atoms with van der Waals surface area (Å²) in [5, 5.41) is 3.49. The molecule has 0 fully saturated rings. The normalized spacial score (nSPS) is 19.9. The van der Waals surface area contributed by atoms with Crippen molar-refractivity contribution in [2.45, 2.75) is 45.4 Å². The average molecular weight is 275 g/mol. The minimum Gasteiger partial charge on any atom is -0.454 e. The SMILES string of the molecule is CCCNCCC[C@@H]1CCc2ccc3c(c2C1)OCO3. The van der Waals surface area contributed by atoms with Crippen LogP contribution in [0.4, 0.5) is 0 Å². The summed E-state index contributed by atoms with van der Waals surface area (Å²) >= 11 is 0. The summed E-state index contributed by atoms with van der Waals surface area (Å²) in [5.41, 5.74) is 2.88. The lowest BCUT2D eigenvalue weighted by atomic mass is 9.81. The fraction of sp³-hybridized carbons (Fsp3) is 0.647. The number of rotatable bonds is 6. The first-order valence-corrected chi connectivity index (χ1v) is 7.99. The summed E-state index contributed by atoms with van der Waals surface area (Å²) < 4.78 is 11.2. The molecular weight excluding hydrogens is 250 g/mol. The van der Waals surface area contributed by atoms with Gasteiger partial charge in [-0.2, -0.15) is 0 Å². The molecule has 0 saturated heterocycles. The van der Waals surface area contributed by atoms with E-state index in [0.717, 1.165) is 36.9 Å². The molecule has 1 N–H and O–H groups in total. The van der Waals surface area contributed by atoms with Gasteiger partial charge in [0.05, 0.1) is 0 Å². The molecule has 20 heavy (non-hydrogen) atoms. The number of aryl methyl sites for hydroxylation is 1. The van der Waals surface area contributed by atoms with Gasteiger partial charge in [-0.3, -0.25) is 0 Å². The summed E-state index contributed by atoms with van der Waals surface area (Å²) in [7, 11) is 0. The van der Waals surface area contributed by atoms with Gasteiger partial charge in [-0.1, -0.05) is 13.0 Å². The van der Waals surface area contributed by atoms with Gasteiger partial charge in [-0.05, 0) is 69.2 Å². The van der Waals surface area contributed by atoms with Crippen molar-refractivity contribution in [3.8, 4) is 11.5 Å². The minimum absolute atomic E-state index is 0.386. The van der Waals surface area contributed by atoms with E-state index in [1.807, 2.05) is 0 Å². The largest absolute Gasteiger partial charge is 0.454 e. The van der Waals surface area contributed by atoms with Crippen LogP contribution in [0.5, 0.6) is 11.5 Å². The number of hydrogen-bond acceptors (Lipinski definition) is 3. The Balaban J connectivity index is 1.56. The number of fused-ring (bicyclic) bond motifs is 3. The fourth-order valence-corrected chi connectivity index (χ4v) is 3.34. The smallest absolute Gasteiger partial charge is 0.231 e. The van der Waals surface area contributed by atoms with Gasteiger partial charge in [0.25, 0.3) is 0 Å². The van der Waals surface area contributed by atoms with Crippen molar-refractivity contribution in [1.29, 1.82) is 0 Å². The third-order valence-corrected chi connectivity index (χ3v) is 4.45. The molecular formula is C17H25NO2. The van der Waals surface area contributed by atoms with E-state index in [1.54, 1.807) is 0 Å². The Hall–Kier alpha value is -1.22. The Bertz CT molecular complexity index is 459. The first-order valence-electron chi connectivity index (χ1n) is 7.99. The monoisotopic (exact) mass is 275 g/mol. The second-order valence-corrected chi connectivity index (χ2v) is 5.94. The van der Waals surface area contributed by atoms with Crippen LogP contribution in [0.15, 0.2) is 12.1 Å². The molecule has 0 spiro atoms. The molecule has 0 aromatic heterocycles. The quantitative estimate of drug-likeness (QED) is 0.808. The van der Waals surface area contributed by atoms with Gasteiger partial charge in [0, 0.05) is 5.56 Å². The van der Waals surface area contributed by atoms with Crippen LogP contribution >= 0.6 is 0 Å². The number of hydrogen-bond donors (Lipinski definition) is 1. The zero-order chi connectivity index (χ0) is 13.8. The van der Waals surface area contributed by atoms with Gasteiger partial charge >= 0.3 is 0 Å². The summed E-state index contributed by atoms with van der Waals surface area (Å²) in [6.07, 6.45) is 7.50. The first-order chi connectivity index (χ1) is 9.88. The number of ether oxygens (including phenoxy) is 2. The average Bonchev–Trinajstić information content (AvgIpc) is 2.96. The van der Waals surface area contributed by atoms with E-state index in [9.17, 15) is 0 Å². The molecule has 3 nitrogen and oxygen atoms in total. The summed E-state index contributed by atoms with van der Waals surface area (Å²) in [6, 6.07) is 4.29. The Morgan fingerprint density at radius 3 is 3.10 bits per heavy atom. The molecule has 0 unspecified atom stereocenters. The second kappa shape index (κ2) is 6.49. The number of nitrogens with one attached hydrogen (secondary N) is 1. The van der Waals surface area contributed by atoms with E-state index in [-0.39, 0.29) is 0 Å². The van der Waals surface area contributed by atoms with E-state index in [1.165, 1.54) is 43.2 Å². The maximum absolute atomic E-state index is 5.67. The van der Waals surface area contributed by atoms with Crippen molar-refractivity contribution in [3.63, 3.8) is 0 Å². The fourth-order valence-electron chi connectivity index (χ4n) is 3.34. The topological polar surface area (TPSA) is 30.5 Å². The van der Waals surface area contributed by atoms with Crippen molar-refractivity contribution in [2.24, 2.45) is 5.92 Å². The van der Waals surface area contributed by atoms with Crippen molar-refractivity contribution in [1.82, 2.24) is 5.32 Å². The van der Waals surface area contributed by atoms with Gasteiger partial charge in [-0.25, -0.2) is 0 Å². The molecule has 1 aliphatic carbocycles. The molecule has 0 radical (unpaired) electrons.